The molecule has 152 valence electrons. The largest absolute Gasteiger partial charge is 0.300 e. The van der Waals surface area contributed by atoms with E-state index in [1.165, 1.54) is 23.5 Å². The fraction of sp³-hybridized carbons (Fsp3) is 0.143. The van der Waals surface area contributed by atoms with Gasteiger partial charge in [0.25, 0.3) is 0 Å². The highest BCUT2D eigenvalue weighted by Crippen LogP contribution is 2.30. The second kappa shape index (κ2) is 8.29. The number of H-pyrrole nitrogens is 1. The third kappa shape index (κ3) is 4.22. The van der Waals surface area contributed by atoms with Gasteiger partial charge < -0.3 is 5.32 Å². The van der Waals surface area contributed by atoms with Gasteiger partial charge in [-0.25, -0.2) is 9.37 Å². The molecule has 0 aliphatic heterocycles. The van der Waals surface area contributed by atoms with Gasteiger partial charge in [0.15, 0.2) is 15.7 Å². The maximum absolute atomic E-state index is 13.2. The van der Waals surface area contributed by atoms with Gasteiger partial charge in [-0.3, -0.25) is 14.5 Å². The number of nitrogens with one attached hydrogen (secondary N) is 2. The molecule has 0 aliphatic rings. The van der Waals surface area contributed by atoms with E-state index in [1.807, 2.05) is 38.1 Å². The van der Waals surface area contributed by atoms with Crippen LogP contribution in [0.1, 0.15) is 10.4 Å². The molecule has 0 unspecified atom stereocenters. The zero-order chi connectivity index (χ0) is 21.3. The summed E-state index contributed by atoms with van der Waals surface area (Å²) in [4.78, 5) is 18.1. The van der Waals surface area contributed by atoms with E-state index >= 15 is 0 Å². The van der Waals surface area contributed by atoms with Crippen molar-refractivity contribution in [1.29, 1.82) is 0 Å². The van der Waals surface area contributed by atoms with Crippen molar-refractivity contribution in [2.75, 3.05) is 5.32 Å². The summed E-state index contributed by atoms with van der Waals surface area (Å²) in [7, 11) is 0. The van der Waals surface area contributed by atoms with Gasteiger partial charge in [0.2, 0.25) is 5.91 Å². The Balaban J connectivity index is 1.53. The van der Waals surface area contributed by atoms with Gasteiger partial charge in [0.1, 0.15) is 12.4 Å². The van der Waals surface area contributed by atoms with E-state index < -0.39 is 0 Å². The van der Waals surface area contributed by atoms with Crippen LogP contribution in [0.4, 0.5) is 9.52 Å². The van der Waals surface area contributed by atoms with Crippen LogP contribution in [-0.2, 0) is 11.3 Å². The maximum Gasteiger partial charge on any atom is 0.246 e. The van der Waals surface area contributed by atoms with Crippen LogP contribution in [0.25, 0.3) is 22.6 Å². The molecule has 2 aromatic carbocycles. The lowest BCUT2D eigenvalue weighted by molar-refractivity contribution is -0.116. The Morgan fingerprint density at radius 3 is 2.50 bits per heavy atom. The number of hydrogen-bond donors (Lipinski definition) is 2. The van der Waals surface area contributed by atoms with Crippen LogP contribution in [0.3, 0.4) is 0 Å². The summed E-state index contributed by atoms with van der Waals surface area (Å²) in [6.07, 6.45) is 0. The highest BCUT2D eigenvalue weighted by atomic mass is 32.1. The second-order valence-electron chi connectivity index (χ2n) is 6.78. The Labute approximate surface area is 181 Å². The first-order valence-corrected chi connectivity index (χ1v) is 10.4. The third-order valence-electron chi connectivity index (χ3n) is 4.53. The molecule has 1 amide bonds. The fourth-order valence-electron chi connectivity index (χ4n) is 3.02. The zero-order valence-electron chi connectivity index (χ0n) is 16.3. The number of halogens is 1. The molecule has 0 saturated carbocycles. The summed E-state index contributed by atoms with van der Waals surface area (Å²) in [6, 6.07) is 13.9. The fourth-order valence-corrected chi connectivity index (χ4v) is 4.06. The normalized spacial score (nSPS) is 10.9. The number of aromatic amines is 1. The average Bonchev–Trinajstić information content (AvgIpc) is 3.26. The molecule has 0 radical (unpaired) electrons. The average molecular weight is 440 g/mol. The van der Waals surface area contributed by atoms with E-state index in [4.69, 9.17) is 12.2 Å². The van der Waals surface area contributed by atoms with Crippen LogP contribution in [0.5, 0.6) is 0 Å². The minimum Gasteiger partial charge on any atom is -0.300 e. The molecule has 2 aromatic heterocycles. The Kier molecular flexibility index (Phi) is 5.56. The number of thiazole rings is 1. The SMILES string of the molecule is Cc1ccc(-c2n[nH]c(=S)n2CC(=O)Nc2nc(-c3ccc(F)cc3)c(C)s2)cc1. The van der Waals surface area contributed by atoms with Gasteiger partial charge in [-0.15, -0.1) is 11.3 Å². The van der Waals surface area contributed by atoms with Crippen LogP contribution < -0.4 is 5.32 Å². The molecule has 0 aliphatic carbocycles. The monoisotopic (exact) mass is 439 g/mol. The van der Waals surface area contributed by atoms with Crippen molar-refractivity contribution in [3.05, 3.63) is 69.6 Å². The van der Waals surface area contributed by atoms with Crippen molar-refractivity contribution >= 4 is 34.6 Å². The Hall–Kier alpha value is -3.17. The van der Waals surface area contributed by atoms with Crippen molar-refractivity contribution in [3.63, 3.8) is 0 Å². The lowest BCUT2D eigenvalue weighted by Gasteiger charge is -2.07. The maximum atomic E-state index is 13.2. The number of anilines is 1. The zero-order valence-corrected chi connectivity index (χ0v) is 17.9. The quantitative estimate of drug-likeness (QED) is 0.423. The number of amides is 1. The molecule has 0 saturated heterocycles. The van der Waals surface area contributed by atoms with Gasteiger partial charge in [-0.1, -0.05) is 29.8 Å². The molecule has 6 nitrogen and oxygen atoms in total. The minimum absolute atomic E-state index is 0.00303. The van der Waals surface area contributed by atoms with Gasteiger partial charge in [0.05, 0.1) is 5.69 Å². The summed E-state index contributed by atoms with van der Waals surface area (Å²) in [5, 5.41) is 10.3. The molecule has 0 bridgehead atoms. The molecular weight excluding hydrogens is 421 g/mol. The Bertz CT molecular complexity index is 1260. The first-order valence-electron chi connectivity index (χ1n) is 9.16. The van der Waals surface area contributed by atoms with E-state index in [0.717, 1.165) is 27.3 Å². The summed E-state index contributed by atoms with van der Waals surface area (Å²) in [5.74, 6) is 0.0270. The summed E-state index contributed by atoms with van der Waals surface area (Å²) in [5.41, 5.74) is 3.51. The van der Waals surface area contributed by atoms with Gasteiger partial charge >= 0.3 is 0 Å². The predicted molar refractivity (Wildman–Crippen MR) is 118 cm³/mol. The van der Waals surface area contributed by atoms with Crippen molar-refractivity contribution < 1.29 is 9.18 Å². The van der Waals surface area contributed by atoms with Gasteiger partial charge in [-0.05, 0) is 50.3 Å². The second-order valence-corrected chi connectivity index (χ2v) is 8.37. The first kappa shape index (κ1) is 20.1. The van der Waals surface area contributed by atoms with E-state index in [0.29, 0.717) is 15.7 Å². The number of rotatable bonds is 5. The number of aromatic nitrogens is 4. The number of benzene rings is 2. The molecule has 4 aromatic rings. The molecular formula is C21H18FN5OS2. The highest BCUT2D eigenvalue weighted by Gasteiger charge is 2.15. The van der Waals surface area contributed by atoms with Crippen molar-refractivity contribution in [2.24, 2.45) is 0 Å². The molecule has 30 heavy (non-hydrogen) atoms. The Morgan fingerprint density at radius 1 is 1.13 bits per heavy atom. The smallest absolute Gasteiger partial charge is 0.246 e. The van der Waals surface area contributed by atoms with Crippen LogP contribution in [0.2, 0.25) is 0 Å². The highest BCUT2D eigenvalue weighted by molar-refractivity contribution is 7.71. The van der Waals surface area contributed by atoms with Crippen molar-refractivity contribution in [2.45, 2.75) is 20.4 Å². The number of carbonyl (C=O) groups is 1. The van der Waals surface area contributed by atoms with E-state index in [9.17, 15) is 9.18 Å². The standard InChI is InChI=1S/C21H18FN5OS2/c1-12-3-5-15(6-4-12)19-25-26-21(29)27(19)11-17(28)23-20-24-18(13(2)30-20)14-7-9-16(22)10-8-14/h3-10H,11H2,1-2H3,(H,26,29)(H,23,24,28). The molecule has 0 fully saturated rings. The van der Waals surface area contributed by atoms with Gasteiger partial charge in [0, 0.05) is 16.0 Å². The lowest BCUT2D eigenvalue weighted by Crippen LogP contribution is -2.19. The van der Waals surface area contributed by atoms with Crippen LogP contribution in [0, 0.1) is 24.4 Å². The topological polar surface area (TPSA) is 75.6 Å². The molecule has 0 atom stereocenters. The Morgan fingerprint density at radius 2 is 1.80 bits per heavy atom. The van der Waals surface area contributed by atoms with E-state index in [2.05, 4.69) is 20.5 Å². The van der Waals surface area contributed by atoms with E-state index in [-0.39, 0.29) is 18.3 Å². The number of nitrogens with zero attached hydrogens (tertiary/aromatic N) is 3. The predicted octanol–water partition coefficient (Wildman–Crippen LogP) is 5.13. The lowest BCUT2D eigenvalue weighted by atomic mass is 10.1. The molecule has 4 rings (SSSR count). The van der Waals surface area contributed by atoms with Crippen LogP contribution >= 0.6 is 23.6 Å². The molecule has 0 spiro atoms. The summed E-state index contributed by atoms with van der Waals surface area (Å²) < 4.78 is 15.2. The minimum atomic E-state index is -0.304. The molecule has 2 heterocycles. The summed E-state index contributed by atoms with van der Waals surface area (Å²) >= 11 is 6.67. The van der Waals surface area contributed by atoms with E-state index in [1.54, 1.807) is 16.7 Å². The number of aryl methyl sites for hydroxylation is 2. The number of hydrogen-bond acceptors (Lipinski definition) is 5. The van der Waals surface area contributed by atoms with Crippen LogP contribution in [0.15, 0.2) is 48.5 Å². The van der Waals surface area contributed by atoms with Crippen molar-refractivity contribution in [3.8, 4) is 22.6 Å². The van der Waals surface area contributed by atoms with Gasteiger partial charge in [-0.2, -0.15) is 5.10 Å². The molecule has 2 N–H and O–H groups in total. The summed E-state index contributed by atoms with van der Waals surface area (Å²) in [6.45, 7) is 3.92. The third-order valence-corrected chi connectivity index (χ3v) is 5.73. The molecule has 9 heteroatoms. The first-order chi connectivity index (χ1) is 14.4. The van der Waals surface area contributed by atoms with Crippen molar-refractivity contribution in [1.82, 2.24) is 19.7 Å². The number of carbonyl (C=O) groups excluding carboxylic acids is 1. The van der Waals surface area contributed by atoms with Crippen LogP contribution in [-0.4, -0.2) is 25.7 Å².